The zero-order chi connectivity index (χ0) is 20.7. The molecule has 1 aromatic heterocycles. The molecule has 0 fully saturated rings. The third kappa shape index (κ3) is 3.26. The summed E-state index contributed by atoms with van der Waals surface area (Å²) < 4.78 is 33.5. The first kappa shape index (κ1) is 19.1. The molecule has 0 radical (unpaired) electrons. The van der Waals surface area contributed by atoms with Crippen molar-refractivity contribution in [3.05, 3.63) is 76.6 Å². The monoisotopic (exact) mass is 397 g/mol. The van der Waals surface area contributed by atoms with Crippen LogP contribution in [0.5, 0.6) is 5.75 Å². The molecule has 1 N–H and O–H groups in total. The molecule has 2 aromatic carbocycles. The maximum absolute atomic E-state index is 14.8. The number of rotatable bonds is 5. The summed E-state index contributed by atoms with van der Waals surface area (Å²) >= 11 is 0. The number of hydrogen-bond acceptors (Lipinski definition) is 3. The van der Waals surface area contributed by atoms with Crippen molar-refractivity contribution in [1.82, 2.24) is 10.2 Å². The van der Waals surface area contributed by atoms with Gasteiger partial charge in [0, 0.05) is 28.6 Å². The van der Waals surface area contributed by atoms with E-state index in [0.29, 0.717) is 29.3 Å². The molecule has 0 saturated carbocycles. The molecule has 150 valence electrons. The number of aromatic amines is 1. The van der Waals surface area contributed by atoms with Gasteiger partial charge in [-0.15, -0.1) is 0 Å². The summed E-state index contributed by atoms with van der Waals surface area (Å²) in [5.41, 5.74) is 2.50. The summed E-state index contributed by atoms with van der Waals surface area (Å²) in [7, 11) is 1.56. The van der Waals surface area contributed by atoms with E-state index in [-0.39, 0.29) is 17.2 Å². The average Bonchev–Trinajstić information content (AvgIpc) is 3.21. The standard InChI is InChI=1S/C22H21F2N3O2/c1-12(2)10-18-19-20(26-25-18)22(28)27(14-5-7-15(29-3)8-6-14)21(19)16-9-4-13(23)11-17(16)24/h4-9,11-12,21H,10H2,1-3H3,(H,25,26). The van der Waals surface area contributed by atoms with Crippen molar-refractivity contribution in [2.24, 2.45) is 5.92 Å². The molecule has 2 heterocycles. The summed E-state index contributed by atoms with van der Waals surface area (Å²) in [6.45, 7) is 4.11. The maximum atomic E-state index is 14.8. The van der Waals surface area contributed by atoms with Gasteiger partial charge in [-0.3, -0.25) is 14.8 Å². The van der Waals surface area contributed by atoms with E-state index in [2.05, 4.69) is 24.0 Å². The molecule has 0 bridgehead atoms. The van der Waals surface area contributed by atoms with Crippen LogP contribution < -0.4 is 9.64 Å². The van der Waals surface area contributed by atoms with Crippen molar-refractivity contribution in [2.45, 2.75) is 26.3 Å². The minimum atomic E-state index is -0.737. The molecule has 3 aromatic rings. The highest BCUT2D eigenvalue weighted by Gasteiger charge is 2.44. The fourth-order valence-corrected chi connectivity index (χ4v) is 3.80. The fraction of sp³-hybridized carbons (Fsp3) is 0.273. The van der Waals surface area contributed by atoms with Crippen molar-refractivity contribution in [3.63, 3.8) is 0 Å². The lowest BCUT2D eigenvalue weighted by Crippen LogP contribution is -2.30. The number of halogens is 2. The molecule has 1 aliphatic rings. The van der Waals surface area contributed by atoms with Gasteiger partial charge in [0.05, 0.1) is 13.2 Å². The number of hydrogen-bond donors (Lipinski definition) is 1. The fourth-order valence-electron chi connectivity index (χ4n) is 3.80. The van der Waals surface area contributed by atoms with Crippen LogP contribution in [0.25, 0.3) is 0 Å². The van der Waals surface area contributed by atoms with Crippen LogP contribution >= 0.6 is 0 Å². The Morgan fingerprint density at radius 2 is 1.90 bits per heavy atom. The Kier molecular flexibility index (Phi) is 4.82. The number of carbonyl (C=O) groups excluding carboxylic acids is 1. The number of nitrogens with zero attached hydrogens (tertiary/aromatic N) is 2. The number of amides is 1. The minimum Gasteiger partial charge on any atom is -0.497 e. The van der Waals surface area contributed by atoms with Crippen LogP contribution in [0.1, 0.15) is 47.2 Å². The van der Waals surface area contributed by atoms with Crippen LogP contribution in [-0.2, 0) is 6.42 Å². The number of fused-ring (bicyclic) bond motifs is 1. The molecular formula is C22H21F2N3O2. The lowest BCUT2D eigenvalue weighted by atomic mass is 9.95. The van der Waals surface area contributed by atoms with Gasteiger partial charge in [-0.05, 0) is 42.7 Å². The number of H-pyrrole nitrogens is 1. The van der Waals surface area contributed by atoms with Crippen LogP contribution in [0.4, 0.5) is 14.5 Å². The molecule has 1 unspecified atom stereocenters. The van der Waals surface area contributed by atoms with Crippen molar-refractivity contribution in [2.75, 3.05) is 12.0 Å². The number of ether oxygens (including phenoxy) is 1. The average molecular weight is 397 g/mol. The van der Waals surface area contributed by atoms with Crippen LogP contribution in [0.15, 0.2) is 42.5 Å². The van der Waals surface area contributed by atoms with E-state index in [1.54, 1.807) is 31.4 Å². The van der Waals surface area contributed by atoms with Gasteiger partial charge in [-0.25, -0.2) is 8.78 Å². The summed E-state index contributed by atoms with van der Waals surface area (Å²) in [6.07, 6.45) is 0.658. The van der Waals surface area contributed by atoms with Gasteiger partial charge in [-0.1, -0.05) is 19.9 Å². The van der Waals surface area contributed by atoms with Gasteiger partial charge in [-0.2, -0.15) is 5.10 Å². The quantitative estimate of drug-likeness (QED) is 0.682. The zero-order valence-electron chi connectivity index (χ0n) is 16.4. The molecule has 5 nitrogen and oxygen atoms in total. The van der Waals surface area contributed by atoms with Crippen molar-refractivity contribution >= 4 is 11.6 Å². The predicted molar refractivity (Wildman–Crippen MR) is 105 cm³/mol. The second-order valence-electron chi connectivity index (χ2n) is 7.50. The Morgan fingerprint density at radius 1 is 1.17 bits per heavy atom. The summed E-state index contributed by atoms with van der Waals surface area (Å²) in [6, 6.07) is 9.64. The Morgan fingerprint density at radius 3 is 2.52 bits per heavy atom. The molecule has 1 atom stereocenters. The Labute approximate surface area is 167 Å². The molecule has 29 heavy (non-hydrogen) atoms. The van der Waals surface area contributed by atoms with E-state index in [1.165, 1.54) is 17.0 Å². The summed E-state index contributed by atoms with van der Waals surface area (Å²) in [5, 5.41) is 7.17. The molecule has 1 aliphatic heterocycles. The lowest BCUT2D eigenvalue weighted by molar-refractivity contribution is 0.0988. The first-order valence-electron chi connectivity index (χ1n) is 9.40. The van der Waals surface area contributed by atoms with Crippen molar-refractivity contribution < 1.29 is 18.3 Å². The Bertz CT molecular complexity index is 1060. The SMILES string of the molecule is COc1ccc(N2C(=O)c3n[nH]c(CC(C)C)c3C2c2ccc(F)cc2F)cc1. The minimum absolute atomic E-state index is 0.223. The van der Waals surface area contributed by atoms with Gasteiger partial charge in [0.25, 0.3) is 5.91 Å². The maximum Gasteiger partial charge on any atom is 0.280 e. The normalized spacial score (nSPS) is 15.9. The number of aromatic nitrogens is 2. The third-order valence-corrected chi connectivity index (χ3v) is 5.06. The molecule has 1 amide bonds. The molecule has 0 saturated heterocycles. The predicted octanol–water partition coefficient (Wildman–Crippen LogP) is 4.64. The first-order valence-corrected chi connectivity index (χ1v) is 9.40. The van der Waals surface area contributed by atoms with E-state index < -0.39 is 17.7 Å². The van der Waals surface area contributed by atoms with Crippen LogP contribution in [0, 0.1) is 17.6 Å². The van der Waals surface area contributed by atoms with E-state index >= 15 is 0 Å². The highest BCUT2D eigenvalue weighted by Crippen LogP contribution is 2.44. The molecule has 4 rings (SSSR count). The lowest BCUT2D eigenvalue weighted by Gasteiger charge is -2.27. The van der Waals surface area contributed by atoms with Crippen LogP contribution in [-0.4, -0.2) is 23.2 Å². The molecule has 0 spiro atoms. The number of anilines is 1. The van der Waals surface area contributed by atoms with Gasteiger partial charge >= 0.3 is 0 Å². The third-order valence-electron chi connectivity index (χ3n) is 5.06. The van der Waals surface area contributed by atoms with Gasteiger partial charge in [0.2, 0.25) is 0 Å². The van der Waals surface area contributed by atoms with Gasteiger partial charge in [0.15, 0.2) is 5.69 Å². The number of nitrogens with one attached hydrogen (secondary N) is 1. The second kappa shape index (κ2) is 7.31. The van der Waals surface area contributed by atoms with E-state index in [9.17, 15) is 13.6 Å². The summed E-state index contributed by atoms with van der Waals surface area (Å²) in [4.78, 5) is 14.7. The highest BCUT2D eigenvalue weighted by molar-refractivity contribution is 6.10. The second-order valence-corrected chi connectivity index (χ2v) is 7.50. The Hall–Kier alpha value is -3.22. The first-order chi connectivity index (χ1) is 13.9. The van der Waals surface area contributed by atoms with Crippen molar-refractivity contribution in [1.29, 1.82) is 0 Å². The van der Waals surface area contributed by atoms with E-state index in [1.807, 2.05) is 0 Å². The van der Waals surface area contributed by atoms with Crippen LogP contribution in [0.3, 0.4) is 0 Å². The van der Waals surface area contributed by atoms with Crippen molar-refractivity contribution in [3.8, 4) is 5.75 Å². The number of benzene rings is 2. The van der Waals surface area contributed by atoms with Crippen LogP contribution in [0.2, 0.25) is 0 Å². The largest absolute Gasteiger partial charge is 0.497 e. The van der Waals surface area contributed by atoms with Gasteiger partial charge in [0.1, 0.15) is 17.4 Å². The Balaban J connectivity index is 1.89. The van der Waals surface area contributed by atoms with Gasteiger partial charge < -0.3 is 4.74 Å². The topological polar surface area (TPSA) is 58.2 Å². The zero-order valence-corrected chi connectivity index (χ0v) is 16.4. The van der Waals surface area contributed by atoms with E-state index in [0.717, 1.165) is 11.8 Å². The highest BCUT2D eigenvalue weighted by atomic mass is 19.1. The number of carbonyl (C=O) groups is 1. The smallest absolute Gasteiger partial charge is 0.280 e. The number of methoxy groups -OCH3 is 1. The summed E-state index contributed by atoms with van der Waals surface area (Å²) in [5.74, 6) is -0.746. The molecule has 7 heteroatoms. The molecule has 0 aliphatic carbocycles. The molecular weight excluding hydrogens is 376 g/mol. The van der Waals surface area contributed by atoms with E-state index in [4.69, 9.17) is 4.74 Å².